The van der Waals surface area contributed by atoms with Crippen LogP contribution in [-0.2, 0) is 20.8 Å². The molecule has 2 aliphatic rings. The zero-order valence-electron chi connectivity index (χ0n) is 15.0. The summed E-state index contributed by atoms with van der Waals surface area (Å²) < 4.78 is 11.1. The van der Waals surface area contributed by atoms with Crippen molar-refractivity contribution in [3.63, 3.8) is 0 Å². The van der Waals surface area contributed by atoms with Crippen LogP contribution in [0.25, 0.3) is 0 Å². The number of benzene rings is 1. The Labute approximate surface area is 165 Å². The predicted octanol–water partition coefficient (Wildman–Crippen LogP) is 3.22. The van der Waals surface area contributed by atoms with Crippen molar-refractivity contribution in [3.8, 4) is 0 Å². The summed E-state index contributed by atoms with van der Waals surface area (Å²) in [6.07, 6.45) is 2.82. The lowest BCUT2D eigenvalue weighted by Crippen LogP contribution is -2.48. The third kappa shape index (κ3) is 5.57. The Balaban J connectivity index is 1.35. The molecule has 0 aliphatic carbocycles. The van der Waals surface area contributed by atoms with E-state index in [-0.39, 0.29) is 12.0 Å². The van der Waals surface area contributed by atoms with Gasteiger partial charge in [-0.15, -0.1) is 0 Å². The zero-order valence-corrected chi connectivity index (χ0v) is 16.5. The first kappa shape index (κ1) is 19.9. The predicted molar refractivity (Wildman–Crippen MR) is 103 cm³/mol. The van der Waals surface area contributed by atoms with Gasteiger partial charge in [0.05, 0.1) is 35.8 Å². The number of rotatable bonds is 7. The van der Waals surface area contributed by atoms with Gasteiger partial charge in [0.25, 0.3) is 0 Å². The first-order valence-corrected chi connectivity index (χ1v) is 10.0. The van der Waals surface area contributed by atoms with E-state index >= 15 is 0 Å². The number of halogens is 2. The molecule has 2 fully saturated rings. The molecule has 0 N–H and O–H groups in total. The molecule has 1 amide bonds. The van der Waals surface area contributed by atoms with E-state index in [0.717, 1.165) is 57.7 Å². The maximum Gasteiger partial charge on any atom is 0.224 e. The molecule has 3 rings (SSSR count). The summed E-state index contributed by atoms with van der Waals surface area (Å²) in [7, 11) is 0. The van der Waals surface area contributed by atoms with Gasteiger partial charge in [-0.25, -0.2) is 0 Å². The van der Waals surface area contributed by atoms with Crippen molar-refractivity contribution in [2.75, 3.05) is 46.0 Å². The number of hydrogen-bond donors (Lipinski definition) is 0. The molecule has 2 aliphatic heterocycles. The number of amides is 1. The summed E-state index contributed by atoms with van der Waals surface area (Å²) in [5.41, 5.74) is 1.03. The van der Waals surface area contributed by atoms with Crippen LogP contribution in [0, 0.1) is 0 Å². The van der Waals surface area contributed by atoms with Crippen LogP contribution in [-0.4, -0.2) is 67.8 Å². The molecule has 5 nitrogen and oxygen atoms in total. The van der Waals surface area contributed by atoms with E-state index in [4.69, 9.17) is 32.7 Å². The van der Waals surface area contributed by atoms with Crippen molar-refractivity contribution in [1.29, 1.82) is 0 Å². The van der Waals surface area contributed by atoms with E-state index in [1.54, 1.807) is 6.07 Å². The van der Waals surface area contributed by atoms with Crippen molar-refractivity contribution in [1.82, 2.24) is 9.80 Å². The van der Waals surface area contributed by atoms with E-state index in [1.165, 1.54) is 0 Å². The molecule has 2 heterocycles. The second-order valence-corrected chi connectivity index (χ2v) is 7.61. The highest BCUT2D eigenvalue weighted by molar-refractivity contribution is 6.42. The van der Waals surface area contributed by atoms with Gasteiger partial charge >= 0.3 is 0 Å². The molecule has 1 aromatic carbocycles. The molecule has 26 heavy (non-hydrogen) atoms. The second kappa shape index (κ2) is 9.90. The van der Waals surface area contributed by atoms with Crippen LogP contribution in [0.5, 0.6) is 0 Å². The van der Waals surface area contributed by atoms with Gasteiger partial charge < -0.3 is 14.4 Å². The normalized spacial score (nSPS) is 21.3. The topological polar surface area (TPSA) is 42.0 Å². The Kier molecular flexibility index (Phi) is 7.58. The highest BCUT2D eigenvalue weighted by atomic mass is 35.5. The molecule has 1 atom stereocenters. The van der Waals surface area contributed by atoms with Crippen LogP contribution in [0.3, 0.4) is 0 Å². The van der Waals surface area contributed by atoms with Crippen molar-refractivity contribution in [3.05, 3.63) is 33.8 Å². The number of hydrogen-bond acceptors (Lipinski definition) is 4. The number of nitrogens with zero attached hydrogens (tertiary/aromatic N) is 2. The van der Waals surface area contributed by atoms with Gasteiger partial charge in [-0.3, -0.25) is 9.69 Å². The molecule has 2 saturated heterocycles. The first-order chi connectivity index (χ1) is 12.6. The highest BCUT2D eigenvalue weighted by Crippen LogP contribution is 2.26. The Morgan fingerprint density at radius 1 is 1.23 bits per heavy atom. The summed E-state index contributed by atoms with van der Waals surface area (Å²) >= 11 is 12.3. The van der Waals surface area contributed by atoms with Gasteiger partial charge in [-0.05, 0) is 24.5 Å². The van der Waals surface area contributed by atoms with Crippen molar-refractivity contribution in [2.24, 2.45) is 0 Å². The van der Waals surface area contributed by atoms with E-state index < -0.39 is 0 Å². The number of carbonyl (C=O) groups excluding carboxylic acids is 1. The van der Waals surface area contributed by atoms with Crippen LogP contribution in [0.2, 0.25) is 10.0 Å². The van der Waals surface area contributed by atoms with Crippen LogP contribution in [0.1, 0.15) is 24.8 Å². The lowest BCUT2D eigenvalue weighted by Gasteiger charge is -2.35. The van der Waals surface area contributed by atoms with Gasteiger partial charge in [0.15, 0.2) is 0 Å². The Bertz CT molecular complexity index is 600. The lowest BCUT2D eigenvalue weighted by atomic mass is 10.2. The standard InChI is InChI=1S/C19H26Cl2N2O3/c20-17-5-1-3-15(19(17)21)13-22-7-9-23(10-8-22)18(24)6-12-25-14-16-4-2-11-26-16/h1,3,5,16H,2,4,6-14H2. The average molecular weight is 401 g/mol. The van der Waals surface area contributed by atoms with Gasteiger partial charge in [0.1, 0.15) is 0 Å². The summed E-state index contributed by atoms with van der Waals surface area (Å²) in [4.78, 5) is 16.5. The summed E-state index contributed by atoms with van der Waals surface area (Å²) in [5, 5.41) is 1.21. The molecule has 7 heteroatoms. The van der Waals surface area contributed by atoms with Gasteiger partial charge in [0, 0.05) is 39.3 Å². The van der Waals surface area contributed by atoms with Gasteiger partial charge in [-0.2, -0.15) is 0 Å². The van der Waals surface area contributed by atoms with Crippen LogP contribution >= 0.6 is 23.2 Å². The highest BCUT2D eigenvalue weighted by Gasteiger charge is 2.22. The summed E-state index contributed by atoms with van der Waals surface area (Å²) in [5.74, 6) is 0.165. The largest absolute Gasteiger partial charge is 0.378 e. The molecule has 0 spiro atoms. The van der Waals surface area contributed by atoms with E-state index in [9.17, 15) is 4.79 Å². The fraction of sp³-hybridized carbons (Fsp3) is 0.632. The fourth-order valence-corrected chi connectivity index (χ4v) is 3.75. The van der Waals surface area contributed by atoms with Crippen molar-refractivity contribution >= 4 is 29.1 Å². The monoisotopic (exact) mass is 400 g/mol. The number of piperazine rings is 1. The fourth-order valence-electron chi connectivity index (χ4n) is 3.38. The molecular formula is C19H26Cl2N2O3. The summed E-state index contributed by atoms with van der Waals surface area (Å²) in [6, 6.07) is 5.71. The third-order valence-corrected chi connectivity index (χ3v) is 5.80. The molecule has 1 aromatic rings. The first-order valence-electron chi connectivity index (χ1n) is 9.26. The van der Waals surface area contributed by atoms with Gasteiger partial charge in [-0.1, -0.05) is 35.3 Å². The lowest BCUT2D eigenvalue weighted by molar-refractivity contribution is -0.134. The van der Waals surface area contributed by atoms with E-state index in [0.29, 0.717) is 29.7 Å². The summed E-state index contributed by atoms with van der Waals surface area (Å²) in [6.45, 7) is 5.81. The van der Waals surface area contributed by atoms with E-state index in [1.807, 2.05) is 17.0 Å². The molecule has 144 valence electrons. The molecule has 0 saturated carbocycles. The number of carbonyl (C=O) groups is 1. The minimum atomic E-state index is 0.165. The third-order valence-electron chi connectivity index (χ3n) is 4.94. The minimum Gasteiger partial charge on any atom is -0.378 e. The maximum atomic E-state index is 12.3. The minimum absolute atomic E-state index is 0.165. The molecule has 0 radical (unpaired) electrons. The van der Waals surface area contributed by atoms with Gasteiger partial charge in [0.2, 0.25) is 5.91 Å². The Morgan fingerprint density at radius 3 is 2.77 bits per heavy atom. The maximum absolute atomic E-state index is 12.3. The second-order valence-electron chi connectivity index (χ2n) is 6.83. The zero-order chi connectivity index (χ0) is 18.4. The smallest absolute Gasteiger partial charge is 0.224 e. The molecular weight excluding hydrogens is 375 g/mol. The molecule has 1 unspecified atom stereocenters. The molecule has 0 bridgehead atoms. The van der Waals surface area contributed by atoms with E-state index in [2.05, 4.69) is 4.90 Å². The van der Waals surface area contributed by atoms with Crippen LogP contribution < -0.4 is 0 Å². The number of ether oxygens (including phenoxy) is 2. The Hall–Kier alpha value is -0.850. The van der Waals surface area contributed by atoms with Crippen LogP contribution in [0.4, 0.5) is 0 Å². The average Bonchev–Trinajstić information content (AvgIpc) is 3.16. The quantitative estimate of drug-likeness (QED) is 0.658. The SMILES string of the molecule is O=C(CCOCC1CCCO1)N1CCN(Cc2cccc(Cl)c2Cl)CC1. The van der Waals surface area contributed by atoms with Crippen LogP contribution in [0.15, 0.2) is 18.2 Å². The molecule has 0 aromatic heterocycles. The van der Waals surface area contributed by atoms with Crippen molar-refractivity contribution < 1.29 is 14.3 Å². The Morgan fingerprint density at radius 2 is 2.04 bits per heavy atom. The van der Waals surface area contributed by atoms with Crippen molar-refractivity contribution in [2.45, 2.75) is 31.9 Å².